The fourth-order valence-electron chi connectivity index (χ4n) is 3.94. The molecule has 5 heteroatoms. The Balaban J connectivity index is 1.56. The van der Waals surface area contributed by atoms with Gasteiger partial charge in [0, 0.05) is 6.54 Å². The lowest BCUT2D eigenvalue weighted by atomic mass is 9.90. The van der Waals surface area contributed by atoms with Crippen LogP contribution in [0.2, 0.25) is 0 Å². The number of para-hydroxylation sites is 1. The predicted octanol–water partition coefficient (Wildman–Crippen LogP) is 2.61. The zero-order valence-corrected chi connectivity index (χ0v) is 16.1. The molecule has 2 aromatic rings. The van der Waals surface area contributed by atoms with Gasteiger partial charge in [-0.15, -0.1) is 0 Å². The van der Waals surface area contributed by atoms with E-state index in [0.29, 0.717) is 12.5 Å². The van der Waals surface area contributed by atoms with E-state index in [1.807, 2.05) is 6.07 Å². The maximum atomic E-state index is 14.2. The number of amides is 1. The first kappa shape index (κ1) is 20.0. The van der Waals surface area contributed by atoms with Gasteiger partial charge >= 0.3 is 0 Å². The van der Waals surface area contributed by atoms with E-state index in [0.717, 1.165) is 32.4 Å². The van der Waals surface area contributed by atoms with Gasteiger partial charge in [0.1, 0.15) is 5.82 Å². The predicted molar refractivity (Wildman–Crippen MR) is 107 cm³/mol. The number of piperidine rings is 1. The third kappa shape index (κ3) is 5.40. The van der Waals surface area contributed by atoms with E-state index in [1.54, 1.807) is 18.2 Å². The van der Waals surface area contributed by atoms with Crippen LogP contribution < -0.4 is 9.80 Å². The number of halogens is 1. The molecule has 0 saturated carbocycles. The van der Waals surface area contributed by atoms with E-state index >= 15 is 0 Å². The Kier molecular flexibility index (Phi) is 7.16. The Morgan fingerprint density at radius 1 is 1.11 bits per heavy atom. The molecule has 1 fully saturated rings. The molecule has 1 saturated heterocycles. The summed E-state index contributed by atoms with van der Waals surface area (Å²) in [6.07, 6.45) is 3.46. The van der Waals surface area contributed by atoms with Crippen molar-refractivity contribution in [3.05, 3.63) is 66.0 Å². The summed E-state index contributed by atoms with van der Waals surface area (Å²) in [5.41, 5.74) is 1.63. The van der Waals surface area contributed by atoms with Crippen molar-refractivity contribution < 1.29 is 14.1 Å². The molecule has 2 aromatic carbocycles. The zero-order chi connectivity index (χ0) is 19.8. The first-order chi connectivity index (χ1) is 13.7. The van der Waals surface area contributed by atoms with Crippen molar-refractivity contribution in [2.24, 2.45) is 5.92 Å². The number of anilines is 1. The van der Waals surface area contributed by atoms with E-state index in [1.165, 1.54) is 21.4 Å². The number of nitriles is 1. The summed E-state index contributed by atoms with van der Waals surface area (Å²) in [6, 6.07) is 18.9. The van der Waals surface area contributed by atoms with Gasteiger partial charge in [-0.05, 0) is 42.9 Å². The lowest BCUT2D eigenvalue weighted by molar-refractivity contribution is -0.898. The molecule has 1 amide bonds. The van der Waals surface area contributed by atoms with Crippen LogP contribution in [-0.2, 0) is 11.2 Å². The number of rotatable bonds is 7. The number of likely N-dealkylation sites (tertiary alicyclic amines) is 1. The number of nitrogens with one attached hydrogen (secondary N) is 1. The molecule has 0 aromatic heterocycles. The van der Waals surface area contributed by atoms with Gasteiger partial charge in [-0.2, -0.15) is 5.26 Å². The number of hydrogen-bond donors (Lipinski definition) is 1. The molecule has 0 radical (unpaired) electrons. The largest absolute Gasteiger partial charge is 0.327 e. The highest BCUT2D eigenvalue weighted by Crippen LogP contribution is 2.19. The van der Waals surface area contributed by atoms with Gasteiger partial charge in [-0.1, -0.05) is 42.5 Å². The number of quaternary nitrogens is 1. The Hall–Kier alpha value is -2.71. The third-order valence-electron chi connectivity index (χ3n) is 5.47. The van der Waals surface area contributed by atoms with Crippen molar-refractivity contribution in [3.63, 3.8) is 0 Å². The van der Waals surface area contributed by atoms with Crippen molar-refractivity contribution >= 4 is 11.6 Å². The minimum absolute atomic E-state index is 0.114. The third-order valence-corrected chi connectivity index (χ3v) is 5.47. The average Bonchev–Trinajstić information content (AvgIpc) is 2.72. The second-order valence-electron chi connectivity index (χ2n) is 7.46. The quantitative estimate of drug-likeness (QED) is 0.803. The van der Waals surface area contributed by atoms with E-state index in [-0.39, 0.29) is 24.6 Å². The summed E-state index contributed by atoms with van der Waals surface area (Å²) in [5, 5.41) is 8.90. The first-order valence-electron chi connectivity index (χ1n) is 9.96. The summed E-state index contributed by atoms with van der Waals surface area (Å²) >= 11 is 0. The van der Waals surface area contributed by atoms with E-state index < -0.39 is 5.82 Å². The van der Waals surface area contributed by atoms with Crippen LogP contribution in [0.15, 0.2) is 54.6 Å². The van der Waals surface area contributed by atoms with Crippen LogP contribution in [0.5, 0.6) is 0 Å². The fraction of sp³-hybridized carbons (Fsp3) is 0.391. The van der Waals surface area contributed by atoms with Crippen molar-refractivity contribution in [2.45, 2.75) is 25.7 Å². The second kappa shape index (κ2) is 10.0. The molecule has 0 unspecified atom stereocenters. The Bertz CT molecular complexity index is 810. The van der Waals surface area contributed by atoms with Gasteiger partial charge in [-0.25, -0.2) is 4.39 Å². The van der Waals surface area contributed by atoms with Crippen LogP contribution >= 0.6 is 0 Å². The molecule has 1 aliphatic rings. The molecule has 146 valence electrons. The normalized spacial score (nSPS) is 19.0. The standard InChI is InChI=1S/C23H26FN3O/c24-21-9-4-5-10-22(21)27(14-6-13-25)23(28)18-26-15-11-20(12-16-26)17-19-7-2-1-3-8-19/h1-5,7-10,20H,6,11-12,14-18H2/p+1. The highest BCUT2D eigenvalue weighted by atomic mass is 19.1. The molecule has 3 rings (SSSR count). The monoisotopic (exact) mass is 380 g/mol. The van der Waals surface area contributed by atoms with Gasteiger partial charge in [0.05, 0.1) is 31.3 Å². The highest BCUT2D eigenvalue weighted by Gasteiger charge is 2.27. The maximum Gasteiger partial charge on any atom is 0.282 e. The smallest absolute Gasteiger partial charge is 0.282 e. The molecule has 1 aliphatic heterocycles. The van der Waals surface area contributed by atoms with Gasteiger partial charge in [0.15, 0.2) is 6.54 Å². The van der Waals surface area contributed by atoms with Crippen LogP contribution in [-0.4, -0.2) is 32.1 Å². The maximum absolute atomic E-state index is 14.2. The average molecular weight is 380 g/mol. The summed E-state index contributed by atoms with van der Waals surface area (Å²) < 4.78 is 14.2. The summed E-state index contributed by atoms with van der Waals surface area (Å²) in [7, 11) is 0. The Labute approximate surface area is 166 Å². The summed E-state index contributed by atoms with van der Waals surface area (Å²) in [4.78, 5) is 15.5. The SMILES string of the molecule is N#CCCN(C(=O)C[NH+]1CCC(Cc2ccccc2)CC1)c1ccccc1F. The van der Waals surface area contributed by atoms with Gasteiger partial charge in [0.2, 0.25) is 0 Å². The number of benzene rings is 2. The van der Waals surface area contributed by atoms with E-state index in [9.17, 15) is 9.18 Å². The van der Waals surface area contributed by atoms with Crippen molar-refractivity contribution in [2.75, 3.05) is 31.1 Å². The number of nitrogens with zero attached hydrogens (tertiary/aromatic N) is 2. The van der Waals surface area contributed by atoms with Crippen molar-refractivity contribution in [1.82, 2.24) is 0 Å². The van der Waals surface area contributed by atoms with Crippen LogP contribution in [0.3, 0.4) is 0 Å². The van der Waals surface area contributed by atoms with Crippen molar-refractivity contribution in [1.29, 1.82) is 5.26 Å². The Morgan fingerprint density at radius 3 is 2.46 bits per heavy atom. The molecule has 4 nitrogen and oxygen atoms in total. The first-order valence-corrected chi connectivity index (χ1v) is 9.96. The van der Waals surface area contributed by atoms with Crippen molar-refractivity contribution in [3.8, 4) is 6.07 Å². The topological polar surface area (TPSA) is 48.5 Å². The van der Waals surface area contributed by atoms with Gasteiger partial charge in [-0.3, -0.25) is 4.79 Å². The molecule has 1 heterocycles. The minimum Gasteiger partial charge on any atom is -0.327 e. The molecular formula is C23H27FN3O+. The van der Waals surface area contributed by atoms with Gasteiger partial charge in [0.25, 0.3) is 5.91 Å². The summed E-state index contributed by atoms with van der Waals surface area (Å²) in [6.45, 7) is 2.47. The molecule has 0 aliphatic carbocycles. The number of carbonyl (C=O) groups excluding carboxylic acids is 1. The second-order valence-corrected chi connectivity index (χ2v) is 7.46. The van der Waals surface area contributed by atoms with Crippen LogP contribution in [0.25, 0.3) is 0 Å². The van der Waals surface area contributed by atoms with Crippen LogP contribution in [0.1, 0.15) is 24.8 Å². The highest BCUT2D eigenvalue weighted by molar-refractivity contribution is 5.94. The lowest BCUT2D eigenvalue weighted by Gasteiger charge is -2.31. The van der Waals surface area contributed by atoms with Crippen LogP contribution in [0.4, 0.5) is 10.1 Å². The summed E-state index contributed by atoms with van der Waals surface area (Å²) in [5.74, 6) is 0.115. The number of carbonyl (C=O) groups is 1. The molecule has 0 atom stereocenters. The van der Waals surface area contributed by atoms with Crippen LogP contribution in [0, 0.1) is 23.1 Å². The minimum atomic E-state index is -0.426. The molecule has 1 N–H and O–H groups in total. The van der Waals surface area contributed by atoms with Gasteiger partial charge < -0.3 is 9.80 Å². The molecule has 0 spiro atoms. The lowest BCUT2D eigenvalue weighted by Crippen LogP contribution is -3.14. The zero-order valence-electron chi connectivity index (χ0n) is 16.1. The fourth-order valence-corrected chi connectivity index (χ4v) is 3.94. The molecule has 0 bridgehead atoms. The number of hydrogen-bond acceptors (Lipinski definition) is 2. The Morgan fingerprint density at radius 2 is 1.79 bits per heavy atom. The molecular weight excluding hydrogens is 353 g/mol. The molecule has 28 heavy (non-hydrogen) atoms. The van der Waals surface area contributed by atoms with E-state index in [2.05, 4.69) is 30.3 Å². The van der Waals surface area contributed by atoms with E-state index in [4.69, 9.17) is 5.26 Å².